The summed E-state index contributed by atoms with van der Waals surface area (Å²) in [7, 11) is 0. The normalized spacial score (nSPS) is 12.5. The van der Waals surface area contributed by atoms with Gasteiger partial charge in [0, 0.05) is 11.8 Å². The van der Waals surface area contributed by atoms with E-state index in [2.05, 4.69) is 33.7 Å². The Balaban J connectivity index is 2.73. The number of rotatable bonds is 5. The molecule has 0 saturated heterocycles. The average molecular weight is 267 g/mol. The fraction of sp³-hybridized carbons (Fsp3) is 0.625. The van der Waals surface area contributed by atoms with E-state index in [1.165, 1.54) is 0 Å². The number of hydrogen-bond donors (Lipinski definition) is 1. The van der Waals surface area contributed by atoms with Crippen molar-refractivity contribution in [3.8, 4) is 0 Å². The molecule has 0 amide bonds. The summed E-state index contributed by atoms with van der Waals surface area (Å²) in [6.45, 7) is 2.10. The molecule has 84 valence electrons. The van der Waals surface area contributed by atoms with Crippen molar-refractivity contribution in [2.24, 2.45) is 0 Å². The Bertz CT molecular complexity index is 324. The molecule has 1 aromatic rings. The fourth-order valence-electron chi connectivity index (χ4n) is 1.04. The molecule has 0 bridgehead atoms. The third-order valence-electron chi connectivity index (χ3n) is 1.82. The molecule has 15 heavy (non-hydrogen) atoms. The molecule has 1 unspecified atom stereocenters. The van der Waals surface area contributed by atoms with Crippen molar-refractivity contribution in [3.05, 3.63) is 10.4 Å². The Morgan fingerprint density at radius 1 is 1.40 bits per heavy atom. The average Bonchev–Trinajstić information content (AvgIpc) is 2.22. The lowest BCUT2D eigenvalue weighted by atomic mass is 10.2. The van der Waals surface area contributed by atoms with Gasteiger partial charge in [-0.2, -0.15) is 16.7 Å². The van der Waals surface area contributed by atoms with Crippen LogP contribution in [0.3, 0.4) is 0 Å². The molecule has 4 nitrogen and oxygen atoms in total. The second-order valence-electron chi connectivity index (χ2n) is 2.93. The minimum absolute atomic E-state index is 0.0981. The van der Waals surface area contributed by atoms with Gasteiger partial charge in [0.25, 0.3) is 0 Å². The fourth-order valence-corrected chi connectivity index (χ4v) is 2.02. The highest BCUT2D eigenvalue weighted by Gasteiger charge is 2.11. The smallest absolute Gasteiger partial charge is 0.245 e. The molecule has 1 rings (SSSR count). The van der Waals surface area contributed by atoms with Gasteiger partial charge in [-0.15, -0.1) is 10.2 Å². The van der Waals surface area contributed by atoms with E-state index in [9.17, 15) is 0 Å². The zero-order valence-corrected chi connectivity index (χ0v) is 10.8. The van der Waals surface area contributed by atoms with Crippen molar-refractivity contribution < 1.29 is 0 Å². The molecule has 0 aliphatic rings. The number of nitrogens with zero attached hydrogens (tertiary/aromatic N) is 3. The van der Waals surface area contributed by atoms with Crippen molar-refractivity contribution >= 4 is 40.8 Å². The number of hydrogen-bond acceptors (Lipinski definition) is 5. The summed E-state index contributed by atoms with van der Waals surface area (Å²) >= 11 is 13.2. The Morgan fingerprint density at radius 3 is 2.73 bits per heavy atom. The highest BCUT2D eigenvalue weighted by Crippen LogP contribution is 2.18. The van der Waals surface area contributed by atoms with E-state index in [0.29, 0.717) is 11.9 Å². The largest absolute Gasteiger partial charge is 0.364 e. The minimum atomic E-state index is 0.0981. The molecule has 0 aliphatic heterocycles. The van der Waals surface area contributed by atoms with E-state index in [0.717, 1.165) is 12.2 Å². The van der Waals surface area contributed by atoms with Crippen LogP contribution in [-0.4, -0.2) is 33.2 Å². The first-order valence-electron chi connectivity index (χ1n) is 4.48. The third-order valence-corrected chi connectivity index (χ3v) is 2.97. The first kappa shape index (κ1) is 12.8. The number of anilines is 1. The van der Waals surface area contributed by atoms with Crippen LogP contribution in [0.25, 0.3) is 0 Å². The lowest BCUT2D eigenvalue weighted by Gasteiger charge is -2.16. The summed E-state index contributed by atoms with van der Waals surface area (Å²) in [6, 6.07) is 0.310. The highest BCUT2D eigenvalue weighted by molar-refractivity contribution is 7.98. The van der Waals surface area contributed by atoms with Gasteiger partial charge in [-0.05, 0) is 24.3 Å². The molecule has 0 spiro atoms. The lowest BCUT2D eigenvalue weighted by Crippen LogP contribution is -2.22. The SMILES string of the molecule is CCC(CSC)Nc1nc(Cl)nnc1Cl. The second-order valence-corrected chi connectivity index (χ2v) is 4.53. The number of thioether (sulfide) groups is 1. The summed E-state index contributed by atoms with van der Waals surface area (Å²) in [5.41, 5.74) is 0. The second kappa shape index (κ2) is 6.35. The van der Waals surface area contributed by atoms with Crippen molar-refractivity contribution in [1.82, 2.24) is 15.2 Å². The summed E-state index contributed by atoms with van der Waals surface area (Å²) in [5, 5.41) is 10.8. The quantitative estimate of drug-likeness (QED) is 0.888. The molecule has 0 aliphatic carbocycles. The molecule has 7 heteroatoms. The number of aromatic nitrogens is 3. The van der Waals surface area contributed by atoms with E-state index >= 15 is 0 Å². The summed E-state index contributed by atoms with van der Waals surface area (Å²) in [5.74, 6) is 1.48. The molecule has 1 heterocycles. The Kier molecular flexibility index (Phi) is 5.42. The maximum Gasteiger partial charge on any atom is 0.245 e. The van der Waals surface area contributed by atoms with E-state index in [1.54, 1.807) is 11.8 Å². The zero-order valence-electron chi connectivity index (χ0n) is 8.50. The van der Waals surface area contributed by atoms with Crippen molar-refractivity contribution in [3.63, 3.8) is 0 Å². The predicted molar refractivity (Wildman–Crippen MR) is 65.9 cm³/mol. The van der Waals surface area contributed by atoms with Crippen LogP contribution in [0.15, 0.2) is 0 Å². The van der Waals surface area contributed by atoms with Gasteiger partial charge in [-0.3, -0.25) is 0 Å². The van der Waals surface area contributed by atoms with Crippen LogP contribution in [-0.2, 0) is 0 Å². The molecule has 1 N–H and O–H groups in total. The molecular formula is C8H12Cl2N4S. The van der Waals surface area contributed by atoms with Gasteiger partial charge in [0.05, 0.1) is 0 Å². The van der Waals surface area contributed by atoms with Crippen LogP contribution < -0.4 is 5.32 Å². The topological polar surface area (TPSA) is 50.7 Å². The Morgan fingerprint density at radius 2 is 2.13 bits per heavy atom. The maximum absolute atomic E-state index is 5.83. The van der Waals surface area contributed by atoms with Gasteiger partial charge < -0.3 is 5.32 Å². The van der Waals surface area contributed by atoms with Crippen LogP contribution in [0.1, 0.15) is 13.3 Å². The molecule has 0 radical (unpaired) electrons. The first-order chi connectivity index (χ1) is 7.17. The van der Waals surface area contributed by atoms with E-state index < -0.39 is 0 Å². The van der Waals surface area contributed by atoms with Gasteiger partial charge in [0.1, 0.15) is 0 Å². The van der Waals surface area contributed by atoms with Gasteiger partial charge in [-0.1, -0.05) is 18.5 Å². The summed E-state index contributed by atoms with van der Waals surface area (Å²) in [6.07, 6.45) is 3.04. The van der Waals surface area contributed by atoms with E-state index in [1.807, 2.05) is 0 Å². The molecule has 0 aromatic carbocycles. The third kappa shape index (κ3) is 4.01. The Labute approximate surface area is 103 Å². The Hall–Kier alpha value is -0.260. The van der Waals surface area contributed by atoms with E-state index in [-0.39, 0.29) is 10.4 Å². The van der Waals surface area contributed by atoms with Crippen LogP contribution in [0.4, 0.5) is 5.82 Å². The molecule has 1 atom stereocenters. The molecule has 0 saturated carbocycles. The minimum Gasteiger partial charge on any atom is -0.364 e. The van der Waals surface area contributed by atoms with Crippen molar-refractivity contribution in [2.45, 2.75) is 19.4 Å². The predicted octanol–water partition coefficient (Wildman–Crippen LogP) is 2.73. The van der Waals surface area contributed by atoms with Gasteiger partial charge in [0.15, 0.2) is 11.0 Å². The molecular weight excluding hydrogens is 255 g/mol. The van der Waals surface area contributed by atoms with Gasteiger partial charge >= 0.3 is 0 Å². The van der Waals surface area contributed by atoms with E-state index in [4.69, 9.17) is 23.2 Å². The van der Waals surface area contributed by atoms with Gasteiger partial charge in [0.2, 0.25) is 5.28 Å². The first-order valence-corrected chi connectivity index (χ1v) is 6.63. The zero-order chi connectivity index (χ0) is 11.3. The maximum atomic E-state index is 5.83. The monoisotopic (exact) mass is 266 g/mol. The van der Waals surface area contributed by atoms with Crippen LogP contribution in [0.2, 0.25) is 10.4 Å². The van der Waals surface area contributed by atoms with Crippen LogP contribution in [0.5, 0.6) is 0 Å². The summed E-state index contributed by atoms with van der Waals surface area (Å²) < 4.78 is 0. The lowest BCUT2D eigenvalue weighted by molar-refractivity contribution is 0.765. The molecule has 0 fully saturated rings. The standard InChI is InChI=1S/C8H12Cl2N4S/c1-3-5(4-15-2)11-7-6(9)13-14-8(10)12-7/h5H,3-4H2,1-2H3,(H,11,12,14). The number of nitrogens with one attached hydrogen (secondary N) is 1. The van der Waals surface area contributed by atoms with Crippen LogP contribution in [0, 0.1) is 0 Å². The summed E-state index contributed by atoms with van der Waals surface area (Å²) in [4.78, 5) is 3.98. The van der Waals surface area contributed by atoms with Crippen molar-refractivity contribution in [1.29, 1.82) is 0 Å². The number of halogens is 2. The van der Waals surface area contributed by atoms with Crippen LogP contribution >= 0.6 is 35.0 Å². The van der Waals surface area contributed by atoms with Gasteiger partial charge in [-0.25, -0.2) is 0 Å². The molecule has 1 aromatic heterocycles. The highest BCUT2D eigenvalue weighted by atomic mass is 35.5. The van der Waals surface area contributed by atoms with Crippen molar-refractivity contribution in [2.75, 3.05) is 17.3 Å².